The molecular weight excluding hydrogens is 452 g/mol. The molecule has 27 heavy (non-hydrogen) atoms. The molecule has 0 fully saturated rings. The maximum atomic E-state index is 12.6. The zero-order valence-electron chi connectivity index (χ0n) is 13.8. The Morgan fingerprint density at radius 2 is 1.59 bits per heavy atom. The van der Waals surface area contributed by atoms with Crippen LogP contribution in [0, 0.1) is 0 Å². The molecule has 5 nitrogen and oxygen atoms in total. The minimum atomic E-state index is -3.81. The molecule has 0 bridgehead atoms. The van der Waals surface area contributed by atoms with Crippen LogP contribution in [0.5, 0.6) is 0 Å². The van der Waals surface area contributed by atoms with Gasteiger partial charge in [0.25, 0.3) is 15.9 Å². The molecule has 0 spiro atoms. The third-order valence-electron chi connectivity index (χ3n) is 3.62. The van der Waals surface area contributed by atoms with Crippen molar-refractivity contribution >= 4 is 54.8 Å². The van der Waals surface area contributed by atoms with E-state index in [-0.39, 0.29) is 10.8 Å². The van der Waals surface area contributed by atoms with Gasteiger partial charge in [-0.2, -0.15) is 0 Å². The second-order valence-electron chi connectivity index (χ2n) is 5.57. The van der Waals surface area contributed by atoms with Gasteiger partial charge in [0.2, 0.25) is 0 Å². The summed E-state index contributed by atoms with van der Waals surface area (Å²) in [6.45, 7) is 0. The summed E-state index contributed by atoms with van der Waals surface area (Å²) in [5.41, 5.74) is 1.21. The van der Waals surface area contributed by atoms with Gasteiger partial charge in [0.15, 0.2) is 0 Å². The van der Waals surface area contributed by atoms with E-state index in [4.69, 9.17) is 11.6 Å². The second kappa shape index (κ2) is 8.12. The first-order chi connectivity index (χ1) is 12.8. The first-order valence-corrected chi connectivity index (χ1v) is 10.4. The number of carbonyl (C=O) groups excluding carboxylic acids is 1. The number of anilines is 2. The average molecular weight is 466 g/mol. The first-order valence-electron chi connectivity index (χ1n) is 7.79. The number of nitrogens with one attached hydrogen (secondary N) is 2. The van der Waals surface area contributed by atoms with Gasteiger partial charge in [-0.3, -0.25) is 9.52 Å². The molecule has 138 valence electrons. The quantitative estimate of drug-likeness (QED) is 0.547. The van der Waals surface area contributed by atoms with Crippen molar-refractivity contribution in [3.05, 3.63) is 87.9 Å². The number of halogens is 2. The molecule has 0 atom stereocenters. The molecule has 0 aliphatic heterocycles. The lowest BCUT2D eigenvalue weighted by Gasteiger charge is -2.11. The topological polar surface area (TPSA) is 75.3 Å². The Morgan fingerprint density at radius 3 is 2.30 bits per heavy atom. The van der Waals surface area contributed by atoms with E-state index in [0.717, 1.165) is 0 Å². The normalized spacial score (nSPS) is 11.0. The Morgan fingerprint density at radius 1 is 0.889 bits per heavy atom. The fraction of sp³-hybridized carbons (Fsp3) is 0. The number of sulfonamides is 1. The number of hydrogen-bond donors (Lipinski definition) is 2. The van der Waals surface area contributed by atoms with Crippen LogP contribution in [0.2, 0.25) is 5.02 Å². The Bertz CT molecular complexity index is 1090. The lowest BCUT2D eigenvalue weighted by atomic mass is 10.2. The van der Waals surface area contributed by atoms with E-state index in [2.05, 4.69) is 26.0 Å². The molecule has 0 aliphatic rings. The van der Waals surface area contributed by atoms with Crippen LogP contribution in [-0.2, 0) is 10.0 Å². The second-order valence-corrected chi connectivity index (χ2v) is 8.55. The van der Waals surface area contributed by atoms with Crippen LogP contribution in [-0.4, -0.2) is 14.3 Å². The van der Waals surface area contributed by atoms with Crippen molar-refractivity contribution in [1.82, 2.24) is 0 Å². The van der Waals surface area contributed by atoms with Crippen LogP contribution in [0.3, 0.4) is 0 Å². The van der Waals surface area contributed by atoms with Crippen LogP contribution in [0.1, 0.15) is 10.4 Å². The number of carbonyl (C=O) groups is 1. The molecular formula is C19H14BrClN2O3S. The minimum absolute atomic E-state index is 0.0300. The van der Waals surface area contributed by atoms with Gasteiger partial charge in [-0.15, -0.1) is 0 Å². The van der Waals surface area contributed by atoms with Crippen molar-refractivity contribution in [2.45, 2.75) is 4.90 Å². The van der Waals surface area contributed by atoms with Crippen molar-refractivity contribution in [3.63, 3.8) is 0 Å². The fourth-order valence-electron chi connectivity index (χ4n) is 2.32. The lowest BCUT2D eigenvalue weighted by Crippen LogP contribution is -2.15. The van der Waals surface area contributed by atoms with Gasteiger partial charge >= 0.3 is 0 Å². The summed E-state index contributed by atoms with van der Waals surface area (Å²) in [5.74, 6) is -0.345. The van der Waals surface area contributed by atoms with E-state index in [1.54, 1.807) is 60.7 Å². The van der Waals surface area contributed by atoms with E-state index in [1.807, 2.05) is 0 Å². The number of rotatable bonds is 5. The number of hydrogen-bond acceptors (Lipinski definition) is 3. The summed E-state index contributed by atoms with van der Waals surface area (Å²) < 4.78 is 28.3. The molecule has 8 heteroatoms. The minimum Gasteiger partial charge on any atom is -0.322 e. The molecule has 0 saturated carbocycles. The summed E-state index contributed by atoms with van der Waals surface area (Å²) >= 11 is 9.13. The summed E-state index contributed by atoms with van der Waals surface area (Å²) in [7, 11) is -3.81. The standard InChI is InChI=1S/C19H14BrClN2O3S/c20-18-7-2-1-6-17(18)19(24)22-15-4-3-5-16(12-15)27(25,26)23-14-10-8-13(21)9-11-14/h1-12,23H,(H,22,24). The van der Waals surface area contributed by atoms with Crippen molar-refractivity contribution in [3.8, 4) is 0 Å². The Kier molecular flexibility index (Phi) is 5.84. The van der Waals surface area contributed by atoms with Crippen molar-refractivity contribution in [2.75, 3.05) is 10.0 Å². The Hall–Kier alpha value is -2.35. The number of benzene rings is 3. The predicted octanol–water partition coefficient (Wildman–Crippen LogP) is 5.16. The molecule has 0 heterocycles. The highest BCUT2D eigenvalue weighted by molar-refractivity contribution is 9.10. The van der Waals surface area contributed by atoms with Gasteiger partial charge in [-0.25, -0.2) is 8.42 Å². The van der Waals surface area contributed by atoms with Gasteiger partial charge in [-0.1, -0.05) is 29.8 Å². The van der Waals surface area contributed by atoms with Crippen LogP contribution >= 0.6 is 27.5 Å². The van der Waals surface area contributed by atoms with Gasteiger partial charge in [-0.05, 0) is 70.5 Å². The lowest BCUT2D eigenvalue weighted by molar-refractivity contribution is 0.102. The van der Waals surface area contributed by atoms with Crippen LogP contribution < -0.4 is 10.0 Å². The van der Waals surface area contributed by atoms with Gasteiger partial charge in [0.1, 0.15) is 0 Å². The highest BCUT2D eigenvalue weighted by atomic mass is 79.9. The van der Waals surface area contributed by atoms with Gasteiger partial charge < -0.3 is 5.32 Å². The predicted molar refractivity (Wildman–Crippen MR) is 111 cm³/mol. The Labute approximate surface area is 170 Å². The third-order valence-corrected chi connectivity index (χ3v) is 5.94. The van der Waals surface area contributed by atoms with E-state index in [0.29, 0.717) is 26.4 Å². The van der Waals surface area contributed by atoms with E-state index in [1.165, 1.54) is 12.1 Å². The molecule has 0 radical (unpaired) electrons. The van der Waals surface area contributed by atoms with E-state index < -0.39 is 10.0 Å². The molecule has 1 amide bonds. The fourth-order valence-corrected chi connectivity index (χ4v) is 4.01. The van der Waals surface area contributed by atoms with Crippen LogP contribution in [0.25, 0.3) is 0 Å². The molecule has 0 aliphatic carbocycles. The SMILES string of the molecule is O=C(Nc1cccc(S(=O)(=O)Nc2ccc(Cl)cc2)c1)c1ccccc1Br. The smallest absolute Gasteiger partial charge is 0.261 e. The molecule has 3 rings (SSSR count). The third kappa shape index (κ3) is 4.88. The zero-order chi connectivity index (χ0) is 19.4. The highest BCUT2D eigenvalue weighted by Gasteiger charge is 2.16. The van der Waals surface area contributed by atoms with Gasteiger partial charge in [0, 0.05) is 20.9 Å². The Balaban J connectivity index is 1.81. The van der Waals surface area contributed by atoms with Crippen molar-refractivity contribution in [1.29, 1.82) is 0 Å². The average Bonchev–Trinajstić information content (AvgIpc) is 2.64. The first kappa shape index (κ1) is 19.4. The van der Waals surface area contributed by atoms with Crippen LogP contribution in [0.4, 0.5) is 11.4 Å². The van der Waals surface area contributed by atoms with E-state index in [9.17, 15) is 13.2 Å². The summed E-state index contributed by atoms with van der Waals surface area (Å²) in [5, 5.41) is 3.21. The summed E-state index contributed by atoms with van der Waals surface area (Å²) in [6, 6.07) is 19.3. The monoisotopic (exact) mass is 464 g/mol. The molecule has 3 aromatic carbocycles. The maximum absolute atomic E-state index is 12.6. The molecule has 3 aromatic rings. The summed E-state index contributed by atoms with van der Waals surface area (Å²) in [4.78, 5) is 12.4. The van der Waals surface area contributed by atoms with Crippen LogP contribution in [0.15, 0.2) is 82.2 Å². The zero-order valence-corrected chi connectivity index (χ0v) is 17.0. The number of amides is 1. The largest absolute Gasteiger partial charge is 0.322 e. The highest BCUT2D eigenvalue weighted by Crippen LogP contribution is 2.22. The molecule has 2 N–H and O–H groups in total. The van der Waals surface area contributed by atoms with Gasteiger partial charge in [0.05, 0.1) is 10.5 Å². The molecule has 0 aromatic heterocycles. The van der Waals surface area contributed by atoms with Crippen molar-refractivity contribution < 1.29 is 13.2 Å². The molecule has 0 saturated heterocycles. The summed E-state index contributed by atoms with van der Waals surface area (Å²) in [6.07, 6.45) is 0. The maximum Gasteiger partial charge on any atom is 0.261 e. The molecule has 0 unspecified atom stereocenters. The van der Waals surface area contributed by atoms with E-state index >= 15 is 0 Å². The van der Waals surface area contributed by atoms with Crippen molar-refractivity contribution in [2.24, 2.45) is 0 Å².